The summed E-state index contributed by atoms with van der Waals surface area (Å²) in [5, 5.41) is 0. The standard InChI is InChI=1S/C10H9.2ClH.Zr/c1-2-6-9(5-1)10-7-3-4-8-10;;;/h1-3,5,7H,4,6H2;2*1H;/q-1;;;. The van der Waals surface area contributed by atoms with Crippen LogP contribution in [-0.2, 0) is 26.2 Å². The van der Waals surface area contributed by atoms with Crippen LogP contribution in [-0.4, -0.2) is 0 Å². The van der Waals surface area contributed by atoms with Gasteiger partial charge in [0.05, 0.1) is 0 Å². The quantitative estimate of drug-likeness (QED) is 0.650. The van der Waals surface area contributed by atoms with E-state index in [2.05, 4.69) is 36.5 Å². The van der Waals surface area contributed by atoms with E-state index in [0.717, 1.165) is 12.8 Å². The number of rotatable bonds is 1. The predicted octanol–water partition coefficient (Wildman–Crippen LogP) is 3.40. The molecule has 2 rings (SSSR count). The molecule has 0 spiro atoms. The van der Waals surface area contributed by atoms with Crippen molar-refractivity contribution >= 4 is 24.8 Å². The van der Waals surface area contributed by atoms with Gasteiger partial charge in [-0.15, -0.1) is 42.5 Å². The van der Waals surface area contributed by atoms with Crippen LogP contribution in [0, 0.1) is 6.08 Å². The molecule has 0 N–H and O–H groups in total. The largest absolute Gasteiger partial charge is 0.198 e. The minimum absolute atomic E-state index is 0. The van der Waals surface area contributed by atoms with Crippen molar-refractivity contribution in [2.45, 2.75) is 12.8 Å². The van der Waals surface area contributed by atoms with E-state index in [1.54, 1.807) is 0 Å². The monoisotopic (exact) mass is 291 g/mol. The molecule has 2 aliphatic carbocycles. The van der Waals surface area contributed by atoms with Gasteiger partial charge in [0, 0.05) is 26.2 Å². The predicted molar refractivity (Wildman–Crippen MR) is 56.8 cm³/mol. The maximum absolute atomic E-state index is 3.30. The normalized spacial score (nSPS) is 16.6. The third-order valence-corrected chi connectivity index (χ3v) is 1.81. The van der Waals surface area contributed by atoms with Gasteiger partial charge < -0.3 is 0 Å². The van der Waals surface area contributed by atoms with Crippen LogP contribution in [0.1, 0.15) is 12.8 Å². The van der Waals surface area contributed by atoms with E-state index in [4.69, 9.17) is 0 Å². The Morgan fingerprint density at radius 3 is 2.38 bits per heavy atom. The summed E-state index contributed by atoms with van der Waals surface area (Å²) < 4.78 is 0. The fraction of sp³-hybridized carbons (Fsp3) is 0.200. The summed E-state index contributed by atoms with van der Waals surface area (Å²) in [5.74, 6) is 0. The molecule has 0 bridgehead atoms. The average molecular weight is 293 g/mol. The Hall–Kier alpha value is 0.423. The van der Waals surface area contributed by atoms with Gasteiger partial charge >= 0.3 is 0 Å². The van der Waals surface area contributed by atoms with Gasteiger partial charge in [-0.3, -0.25) is 0 Å². The molecule has 70 valence electrons. The molecule has 0 saturated carbocycles. The Bertz CT molecular complexity index is 262. The third-order valence-electron chi connectivity index (χ3n) is 1.81. The van der Waals surface area contributed by atoms with E-state index in [-0.39, 0.29) is 51.0 Å². The Labute approximate surface area is 111 Å². The number of allylic oxidation sites excluding steroid dienone is 8. The summed E-state index contributed by atoms with van der Waals surface area (Å²) in [6.07, 6.45) is 16.1. The van der Waals surface area contributed by atoms with E-state index in [1.165, 1.54) is 11.1 Å². The number of halogens is 2. The third kappa shape index (κ3) is 3.98. The summed E-state index contributed by atoms with van der Waals surface area (Å²) >= 11 is 0. The van der Waals surface area contributed by atoms with E-state index in [9.17, 15) is 0 Å². The molecule has 0 fully saturated rings. The first-order chi connectivity index (χ1) is 4.97. The second kappa shape index (κ2) is 7.79. The first-order valence-electron chi connectivity index (χ1n) is 3.60. The fourth-order valence-electron chi connectivity index (χ4n) is 1.27. The minimum Gasteiger partial charge on any atom is -0.198 e. The molecule has 2 aliphatic rings. The van der Waals surface area contributed by atoms with Gasteiger partial charge in [-0.05, 0) is 0 Å². The second-order valence-electron chi connectivity index (χ2n) is 2.52. The van der Waals surface area contributed by atoms with Crippen molar-refractivity contribution < 1.29 is 26.2 Å². The van der Waals surface area contributed by atoms with Gasteiger partial charge in [-0.25, -0.2) is 0 Å². The van der Waals surface area contributed by atoms with Crippen molar-refractivity contribution in [2.24, 2.45) is 0 Å². The summed E-state index contributed by atoms with van der Waals surface area (Å²) in [6, 6.07) is 0. The molecular weight excluding hydrogens is 282 g/mol. The molecule has 13 heavy (non-hydrogen) atoms. The Morgan fingerprint density at radius 2 is 1.92 bits per heavy atom. The Morgan fingerprint density at radius 1 is 1.15 bits per heavy atom. The van der Waals surface area contributed by atoms with E-state index in [0.29, 0.717) is 0 Å². The van der Waals surface area contributed by atoms with Crippen LogP contribution in [0.2, 0.25) is 0 Å². The van der Waals surface area contributed by atoms with Gasteiger partial charge in [0.2, 0.25) is 0 Å². The summed E-state index contributed by atoms with van der Waals surface area (Å²) in [7, 11) is 0. The van der Waals surface area contributed by atoms with Crippen LogP contribution >= 0.6 is 24.8 Å². The van der Waals surface area contributed by atoms with Crippen molar-refractivity contribution in [3.63, 3.8) is 0 Å². The molecule has 0 heterocycles. The zero-order valence-corrected chi connectivity index (χ0v) is 11.2. The fourth-order valence-corrected chi connectivity index (χ4v) is 1.27. The summed E-state index contributed by atoms with van der Waals surface area (Å²) in [4.78, 5) is 0. The number of hydrogen-bond donors (Lipinski definition) is 0. The average Bonchev–Trinajstić information content (AvgIpc) is 2.59. The zero-order chi connectivity index (χ0) is 6.81. The SMILES string of the molecule is Cl.Cl.[C-]1=C(C2=CC=CC2)C=CC1.[Zr]. The molecule has 0 aromatic carbocycles. The molecule has 0 unspecified atom stereocenters. The molecule has 0 saturated heterocycles. The molecule has 3 heteroatoms. The van der Waals surface area contributed by atoms with Gasteiger partial charge in [0.15, 0.2) is 0 Å². The van der Waals surface area contributed by atoms with Crippen molar-refractivity contribution in [2.75, 3.05) is 0 Å². The van der Waals surface area contributed by atoms with Gasteiger partial charge in [-0.2, -0.15) is 17.7 Å². The molecule has 0 aliphatic heterocycles. The smallest absolute Gasteiger partial charge is 0 e. The Kier molecular flexibility index (Phi) is 9.52. The first kappa shape index (κ1) is 15.9. The van der Waals surface area contributed by atoms with Crippen LogP contribution in [0.3, 0.4) is 0 Å². The number of hydrogen-bond acceptors (Lipinski definition) is 0. The van der Waals surface area contributed by atoms with Crippen LogP contribution in [0.15, 0.2) is 41.5 Å². The van der Waals surface area contributed by atoms with Crippen molar-refractivity contribution in [3.05, 3.63) is 47.6 Å². The topological polar surface area (TPSA) is 0 Å². The molecule has 0 aromatic heterocycles. The van der Waals surface area contributed by atoms with Gasteiger partial charge in [0.1, 0.15) is 0 Å². The minimum atomic E-state index is 0. The van der Waals surface area contributed by atoms with Gasteiger partial charge in [-0.1, -0.05) is 25.0 Å². The van der Waals surface area contributed by atoms with Gasteiger partial charge in [0.25, 0.3) is 0 Å². The maximum atomic E-state index is 3.30. The van der Waals surface area contributed by atoms with Crippen LogP contribution < -0.4 is 0 Å². The van der Waals surface area contributed by atoms with Crippen molar-refractivity contribution in [1.29, 1.82) is 0 Å². The molecular formula is C10H11Cl2Zr-. The Balaban J connectivity index is 0. The van der Waals surface area contributed by atoms with E-state index >= 15 is 0 Å². The first-order valence-corrected chi connectivity index (χ1v) is 3.60. The van der Waals surface area contributed by atoms with Crippen LogP contribution in [0.5, 0.6) is 0 Å². The summed E-state index contributed by atoms with van der Waals surface area (Å²) in [6.45, 7) is 0. The zero-order valence-electron chi connectivity index (χ0n) is 7.12. The molecule has 0 aromatic rings. The maximum Gasteiger partial charge on any atom is 0 e. The van der Waals surface area contributed by atoms with Crippen molar-refractivity contribution in [1.82, 2.24) is 0 Å². The van der Waals surface area contributed by atoms with Crippen LogP contribution in [0.4, 0.5) is 0 Å². The van der Waals surface area contributed by atoms with E-state index < -0.39 is 0 Å². The molecule has 0 atom stereocenters. The van der Waals surface area contributed by atoms with Crippen LogP contribution in [0.25, 0.3) is 0 Å². The molecule has 0 radical (unpaired) electrons. The second-order valence-corrected chi connectivity index (χ2v) is 2.52. The van der Waals surface area contributed by atoms with Crippen molar-refractivity contribution in [3.8, 4) is 0 Å². The molecule has 0 amide bonds. The molecule has 0 nitrogen and oxygen atoms in total. The summed E-state index contributed by atoms with van der Waals surface area (Å²) in [5.41, 5.74) is 2.71. The van der Waals surface area contributed by atoms with E-state index in [1.807, 2.05) is 0 Å².